The maximum absolute atomic E-state index is 12.2. The SMILES string of the molecule is CNC(=O)c1ccc(/C=C/C(=O)N(C)Cc2ccc(Cl)cc2)cc1. The van der Waals surface area contributed by atoms with Crippen LogP contribution >= 0.6 is 11.6 Å². The lowest BCUT2D eigenvalue weighted by atomic mass is 10.1. The number of likely N-dealkylation sites (N-methyl/N-ethyl adjacent to an activating group) is 1. The van der Waals surface area contributed by atoms with Crippen LogP contribution in [-0.2, 0) is 11.3 Å². The van der Waals surface area contributed by atoms with Crippen molar-refractivity contribution in [3.8, 4) is 0 Å². The van der Waals surface area contributed by atoms with Gasteiger partial charge >= 0.3 is 0 Å². The first-order valence-corrected chi connectivity index (χ1v) is 7.87. The molecule has 0 aromatic heterocycles. The van der Waals surface area contributed by atoms with Gasteiger partial charge in [-0.15, -0.1) is 0 Å². The summed E-state index contributed by atoms with van der Waals surface area (Å²) in [5, 5.41) is 3.24. The minimum atomic E-state index is -0.135. The molecule has 2 amide bonds. The van der Waals surface area contributed by atoms with Crippen molar-refractivity contribution in [2.24, 2.45) is 0 Å². The number of nitrogens with zero attached hydrogens (tertiary/aromatic N) is 1. The molecule has 24 heavy (non-hydrogen) atoms. The Morgan fingerprint density at radius 3 is 2.29 bits per heavy atom. The molecule has 2 aromatic carbocycles. The molecule has 0 bridgehead atoms. The van der Waals surface area contributed by atoms with Crippen LogP contribution in [0.25, 0.3) is 6.08 Å². The van der Waals surface area contributed by atoms with E-state index in [0.717, 1.165) is 11.1 Å². The third-order valence-electron chi connectivity index (χ3n) is 3.53. The highest BCUT2D eigenvalue weighted by molar-refractivity contribution is 6.30. The van der Waals surface area contributed by atoms with Crippen LogP contribution in [0.5, 0.6) is 0 Å². The first kappa shape index (κ1) is 17.8. The van der Waals surface area contributed by atoms with Gasteiger partial charge in [0.2, 0.25) is 5.91 Å². The molecule has 2 rings (SSSR count). The molecule has 0 spiro atoms. The van der Waals surface area contributed by atoms with Crippen molar-refractivity contribution < 1.29 is 9.59 Å². The van der Waals surface area contributed by atoms with E-state index in [-0.39, 0.29) is 11.8 Å². The number of rotatable bonds is 5. The molecule has 0 aliphatic carbocycles. The van der Waals surface area contributed by atoms with E-state index in [9.17, 15) is 9.59 Å². The highest BCUT2D eigenvalue weighted by Crippen LogP contribution is 2.11. The Balaban J connectivity index is 1.96. The normalized spacial score (nSPS) is 10.6. The fourth-order valence-corrected chi connectivity index (χ4v) is 2.25. The highest BCUT2D eigenvalue weighted by atomic mass is 35.5. The van der Waals surface area contributed by atoms with Crippen LogP contribution < -0.4 is 5.32 Å². The van der Waals surface area contributed by atoms with Gasteiger partial charge in [0, 0.05) is 37.3 Å². The summed E-state index contributed by atoms with van der Waals surface area (Å²) in [5.74, 6) is -0.232. The van der Waals surface area contributed by atoms with E-state index < -0.39 is 0 Å². The molecule has 0 saturated carbocycles. The molecule has 0 heterocycles. The maximum Gasteiger partial charge on any atom is 0.251 e. The Hall–Kier alpha value is -2.59. The van der Waals surface area contributed by atoms with Crippen LogP contribution in [0.2, 0.25) is 5.02 Å². The molecular formula is C19H19ClN2O2. The fourth-order valence-electron chi connectivity index (χ4n) is 2.13. The van der Waals surface area contributed by atoms with Crippen molar-refractivity contribution in [3.63, 3.8) is 0 Å². The molecule has 0 aliphatic rings. The van der Waals surface area contributed by atoms with Gasteiger partial charge in [-0.1, -0.05) is 35.9 Å². The second-order valence-electron chi connectivity index (χ2n) is 5.36. The average molecular weight is 343 g/mol. The molecule has 0 radical (unpaired) electrons. The monoisotopic (exact) mass is 342 g/mol. The van der Waals surface area contributed by atoms with Crippen LogP contribution in [0.3, 0.4) is 0 Å². The topological polar surface area (TPSA) is 49.4 Å². The Morgan fingerprint density at radius 1 is 1.08 bits per heavy atom. The van der Waals surface area contributed by atoms with Gasteiger partial charge in [0.15, 0.2) is 0 Å². The molecule has 2 aromatic rings. The molecule has 0 saturated heterocycles. The van der Waals surface area contributed by atoms with E-state index >= 15 is 0 Å². The summed E-state index contributed by atoms with van der Waals surface area (Å²) in [7, 11) is 3.33. The third kappa shape index (κ3) is 4.96. The van der Waals surface area contributed by atoms with Gasteiger partial charge in [-0.05, 0) is 41.5 Å². The zero-order chi connectivity index (χ0) is 17.5. The van der Waals surface area contributed by atoms with Crippen LogP contribution in [0.4, 0.5) is 0 Å². The Bertz CT molecular complexity index is 737. The zero-order valence-corrected chi connectivity index (χ0v) is 14.4. The quantitative estimate of drug-likeness (QED) is 0.847. The van der Waals surface area contributed by atoms with Crippen molar-refractivity contribution in [1.82, 2.24) is 10.2 Å². The van der Waals surface area contributed by atoms with Crippen molar-refractivity contribution >= 4 is 29.5 Å². The summed E-state index contributed by atoms with van der Waals surface area (Å²) in [4.78, 5) is 25.3. The molecule has 0 fully saturated rings. The van der Waals surface area contributed by atoms with Gasteiger partial charge in [0.25, 0.3) is 5.91 Å². The summed E-state index contributed by atoms with van der Waals surface area (Å²) < 4.78 is 0. The van der Waals surface area contributed by atoms with Gasteiger partial charge < -0.3 is 10.2 Å². The van der Waals surface area contributed by atoms with Gasteiger partial charge in [-0.2, -0.15) is 0 Å². The minimum absolute atomic E-state index is 0.0969. The highest BCUT2D eigenvalue weighted by Gasteiger charge is 2.06. The Labute approximate surface area is 146 Å². The van der Waals surface area contributed by atoms with Crippen molar-refractivity contribution in [1.29, 1.82) is 0 Å². The fraction of sp³-hybridized carbons (Fsp3) is 0.158. The summed E-state index contributed by atoms with van der Waals surface area (Å²) >= 11 is 5.85. The summed E-state index contributed by atoms with van der Waals surface area (Å²) in [6.07, 6.45) is 3.25. The number of hydrogen-bond donors (Lipinski definition) is 1. The lowest BCUT2D eigenvalue weighted by Gasteiger charge is -2.15. The molecule has 0 atom stereocenters. The lowest BCUT2D eigenvalue weighted by Crippen LogP contribution is -2.24. The average Bonchev–Trinajstić information content (AvgIpc) is 2.61. The van der Waals surface area contributed by atoms with E-state index in [1.54, 1.807) is 61.5 Å². The van der Waals surface area contributed by atoms with Crippen molar-refractivity contribution in [2.75, 3.05) is 14.1 Å². The van der Waals surface area contributed by atoms with Gasteiger partial charge in [-0.25, -0.2) is 0 Å². The third-order valence-corrected chi connectivity index (χ3v) is 3.78. The summed E-state index contributed by atoms with van der Waals surface area (Å²) in [6, 6.07) is 14.4. The smallest absolute Gasteiger partial charge is 0.251 e. The first-order chi connectivity index (χ1) is 11.5. The van der Waals surface area contributed by atoms with E-state index in [4.69, 9.17) is 11.6 Å². The number of nitrogens with one attached hydrogen (secondary N) is 1. The van der Waals surface area contributed by atoms with Crippen LogP contribution in [0.15, 0.2) is 54.6 Å². The van der Waals surface area contributed by atoms with E-state index in [2.05, 4.69) is 5.32 Å². The van der Waals surface area contributed by atoms with Crippen LogP contribution in [0, 0.1) is 0 Å². The predicted octanol–water partition coefficient (Wildman–Crippen LogP) is 3.37. The maximum atomic E-state index is 12.2. The van der Waals surface area contributed by atoms with Gasteiger partial charge in [-0.3, -0.25) is 9.59 Å². The summed E-state index contributed by atoms with van der Waals surface area (Å²) in [6.45, 7) is 0.510. The number of halogens is 1. The molecule has 1 N–H and O–H groups in total. The number of carbonyl (C=O) groups excluding carboxylic acids is 2. The zero-order valence-electron chi connectivity index (χ0n) is 13.6. The predicted molar refractivity (Wildman–Crippen MR) is 96.8 cm³/mol. The van der Waals surface area contributed by atoms with Crippen LogP contribution in [-0.4, -0.2) is 30.8 Å². The standard InChI is InChI=1S/C19H19ClN2O2/c1-21-19(24)16-8-3-14(4-9-16)7-12-18(23)22(2)13-15-5-10-17(20)11-6-15/h3-12H,13H2,1-2H3,(H,21,24)/b12-7+. The number of carbonyl (C=O) groups is 2. The first-order valence-electron chi connectivity index (χ1n) is 7.49. The van der Waals surface area contributed by atoms with Crippen LogP contribution in [0.1, 0.15) is 21.5 Å². The lowest BCUT2D eigenvalue weighted by molar-refractivity contribution is -0.125. The number of hydrogen-bond acceptors (Lipinski definition) is 2. The van der Waals surface area contributed by atoms with E-state index in [1.807, 2.05) is 12.1 Å². The summed E-state index contributed by atoms with van der Waals surface area (Å²) in [5.41, 5.74) is 2.45. The van der Waals surface area contributed by atoms with Crippen molar-refractivity contribution in [2.45, 2.75) is 6.54 Å². The molecule has 124 valence electrons. The largest absolute Gasteiger partial charge is 0.355 e. The number of benzene rings is 2. The molecule has 0 unspecified atom stereocenters. The second-order valence-corrected chi connectivity index (χ2v) is 5.79. The van der Waals surface area contributed by atoms with Gasteiger partial charge in [0.05, 0.1) is 0 Å². The molecule has 5 heteroatoms. The number of amides is 2. The van der Waals surface area contributed by atoms with E-state index in [1.165, 1.54) is 6.08 Å². The molecule has 0 aliphatic heterocycles. The minimum Gasteiger partial charge on any atom is -0.355 e. The molecular weight excluding hydrogens is 324 g/mol. The Kier molecular flexibility index (Phi) is 6.15. The molecule has 4 nitrogen and oxygen atoms in total. The van der Waals surface area contributed by atoms with Gasteiger partial charge in [0.1, 0.15) is 0 Å². The second kappa shape index (κ2) is 8.31. The van der Waals surface area contributed by atoms with Crippen molar-refractivity contribution in [3.05, 3.63) is 76.3 Å². The van der Waals surface area contributed by atoms with E-state index in [0.29, 0.717) is 17.1 Å². The Morgan fingerprint density at radius 2 is 1.71 bits per heavy atom.